The summed E-state index contributed by atoms with van der Waals surface area (Å²) in [7, 11) is 1.55. The molecule has 1 heterocycles. The molecule has 0 unspecified atom stereocenters. The summed E-state index contributed by atoms with van der Waals surface area (Å²) in [5.41, 5.74) is 0.585. The average Bonchev–Trinajstić information content (AvgIpc) is 2.81. The van der Waals surface area contributed by atoms with Crippen molar-refractivity contribution in [2.45, 2.75) is 6.42 Å². The number of hydrogen-bond acceptors (Lipinski definition) is 3. The molecule has 1 aromatic carbocycles. The van der Waals surface area contributed by atoms with Gasteiger partial charge in [-0.1, -0.05) is 12.1 Å². The fourth-order valence-corrected chi connectivity index (χ4v) is 1.54. The molecule has 0 aliphatic heterocycles. The summed E-state index contributed by atoms with van der Waals surface area (Å²) in [4.78, 5) is 12.0. The lowest BCUT2D eigenvalue weighted by Crippen LogP contribution is -2.04. The van der Waals surface area contributed by atoms with Gasteiger partial charge in [0.1, 0.15) is 11.5 Å². The number of hydrogen-bond donors (Lipinski definition) is 0. The number of methoxy groups -OCH3 is 1. The number of furan rings is 1. The molecule has 1 aromatic heterocycles. The predicted molar refractivity (Wildman–Crippen MR) is 59.7 cm³/mol. The van der Waals surface area contributed by atoms with E-state index in [1.807, 2.05) is 12.1 Å². The van der Waals surface area contributed by atoms with E-state index in [2.05, 4.69) is 0 Å². The average molecular weight is 216 g/mol. The monoisotopic (exact) mass is 216 g/mol. The number of carbonyl (C=O) groups excluding carboxylic acids is 1. The second-order valence-corrected chi connectivity index (χ2v) is 3.38. The minimum absolute atomic E-state index is 0.00704. The molecule has 3 heteroatoms. The van der Waals surface area contributed by atoms with Crippen LogP contribution < -0.4 is 4.74 Å². The van der Waals surface area contributed by atoms with Gasteiger partial charge in [0.15, 0.2) is 5.78 Å². The van der Waals surface area contributed by atoms with Crippen molar-refractivity contribution in [2.75, 3.05) is 7.11 Å². The van der Waals surface area contributed by atoms with Gasteiger partial charge in [0, 0.05) is 0 Å². The molecule has 0 spiro atoms. The Balaban J connectivity index is 2.21. The largest absolute Gasteiger partial charge is 0.496 e. The summed E-state index contributed by atoms with van der Waals surface area (Å²) in [6.45, 7) is 0. The summed E-state index contributed by atoms with van der Waals surface area (Å²) in [6.07, 6.45) is 1.82. The summed E-state index contributed by atoms with van der Waals surface area (Å²) >= 11 is 0. The van der Waals surface area contributed by atoms with Crippen LogP contribution >= 0.6 is 0 Å². The van der Waals surface area contributed by atoms with E-state index in [1.165, 1.54) is 0 Å². The highest BCUT2D eigenvalue weighted by Crippen LogP contribution is 2.19. The molecule has 0 N–H and O–H groups in total. The van der Waals surface area contributed by atoms with Crippen molar-refractivity contribution in [1.29, 1.82) is 0 Å². The number of benzene rings is 1. The smallest absolute Gasteiger partial charge is 0.174 e. The summed E-state index contributed by atoms with van der Waals surface area (Å²) in [5.74, 6) is 1.25. The van der Waals surface area contributed by atoms with E-state index in [9.17, 15) is 4.79 Å². The van der Waals surface area contributed by atoms with Gasteiger partial charge in [0.2, 0.25) is 0 Å². The molecule has 16 heavy (non-hydrogen) atoms. The molecular weight excluding hydrogens is 204 g/mol. The van der Waals surface area contributed by atoms with Crippen LogP contribution in [0, 0.1) is 0 Å². The van der Waals surface area contributed by atoms with Crippen LogP contribution in [0.5, 0.6) is 5.75 Å². The molecule has 0 saturated heterocycles. The normalized spacial score (nSPS) is 10.1. The molecular formula is C13H12O3. The third-order valence-electron chi connectivity index (χ3n) is 2.32. The lowest BCUT2D eigenvalue weighted by atomic mass is 10.1. The van der Waals surface area contributed by atoms with E-state index in [4.69, 9.17) is 9.15 Å². The standard InChI is InChI=1S/C13H12O3/c1-15-13-7-3-2-6-11(13)12(14)9-10-5-4-8-16-10/h2-8H,9H2,1H3. The van der Waals surface area contributed by atoms with Crippen LogP contribution in [0.4, 0.5) is 0 Å². The van der Waals surface area contributed by atoms with Crippen LogP contribution in [0.1, 0.15) is 16.1 Å². The summed E-state index contributed by atoms with van der Waals surface area (Å²) in [5, 5.41) is 0. The number of ketones is 1. The second kappa shape index (κ2) is 4.66. The van der Waals surface area contributed by atoms with Crippen LogP contribution in [-0.2, 0) is 6.42 Å². The third-order valence-corrected chi connectivity index (χ3v) is 2.32. The van der Waals surface area contributed by atoms with Gasteiger partial charge in [0.25, 0.3) is 0 Å². The lowest BCUT2D eigenvalue weighted by molar-refractivity contribution is 0.0984. The van der Waals surface area contributed by atoms with Gasteiger partial charge in [-0.15, -0.1) is 0 Å². The Morgan fingerprint density at radius 1 is 1.25 bits per heavy atom. The second-order valence-electron chi connectivity index (χ2n) is 3.38. The fraction of sp³-hybridized carbons (Fsp3) is 0.154. The van der Waals surface area contributed by atoms with Gasteiger partial charge in [-0.05, 0) is 24.3 Å². The van der Waals surface area contributed by atoms with Gasteiger partial charge in [0.05, 0.1) is 25.4 Å². The SMILES string of the molecule is COc1ccccc1C(=O)Cc1ccco1. The number of Topliss-reactive ketones (excluding diaryl/α,β-unsaturated/α-hetero) is 1. The Morgan fingerprint density at radius 2 is 2.06 bits per heavy atom. The fourth-order valence-electron chi connectivity index (χ4n) is 1.54. The topological polar surface area (TPSA) is 39.4 Å². The van der Waals surface area contributed by atoms with Crippen molar-refractivity contribution in [3.05, 3.63) is 54.0 Å². The number of ether oxygens (including phenoxy) is 1. The lowest BCUT2D eigenvalue weighted by Gasteiger charge is -2.05. The quantitative estimate of drug-likeness (QED) is 0.737. The summed E-state index contributed by atoms with van der Waals surface area (Å²) in [6, 6.07) is 10.7. The molecule has 2 rings (SSSR count). The zero-order valence-electron chi connectivity index (χ0n) is 8.97. The molecule has 0 aliphatic rings. The van der Waals surface area contributed by atoms with Crippen LogP contribution in [0.3, 0.4) is 0 Å². The summed E-state index contributed by atoms with van der Waals surface area (Å²) < 4.78 is 10.3. The molecule has 3 nitrogen and oxygen atoms in total. The van der Waals surface area contributed by atoms with Crippen LogP contribution in [0.15, 0.2) is 47.1 Å². The predicted octanol–water partition coefficient (Wildman–Crippen LogP) is 2.71. The van der Waals surface area contributed by atoms with Gasteiger partial charge in [-0.3, -0.25) is 4.79 Å². The minimum Gasteiger partial charge on any atom is -0.496 e. The van der Waals surface area contributed by atoms with Gasteiger partial charge in [-0.25, -0.2) is 0 Å². The number of carbonyl (C=O) groups is 1. The molecule has 0 radical (unpaired) electrons. The first-order valence-electron chi connectivity index (χ1n) is 5.00. The highest BCUT2D eigenvalue weighted by Gasteiger charge is 2.13. The molecule has 82 valence electrons. The maximum Gasteiger partial charge on any atom is 0.174 e. The van der Waals surface area contributed by atoms with Crippen LogP contribution in [0.25, 0.3) is 0 Å². The van der Waals surface area contributed by atoms with E-state index in [1.54, 1.807) is 37.6 Å². The van der Waals surface area contributed by atoms with Crippen molar-refractivity contribution >= 4 is 5.78 Å². The van der Waals surface area contributed by atoms with E-state index in [0.29, 0.717) is 17.1 Å². The third kappa shape index (κ3) is 2.14. The first kappa shape index (κ1) is 10.5. The highest BCUT2D eigenvalue weighted by molar-refractivity contribution is 5.99. The van der Waals surface area contributed by atoms with Gasteiger partial charge >= 0.3 is 0 Å². The van der Waals surface area contributed by atoms with Gasteiger partial charge in [-0.2, -0.15) is 0 Å². The first-order valence-corrected chi connectivity index (χ1v) is 5.00. The Hall–Kier alpha value is -2.03. The van der Waals surface area contributed by atoms with Crippen molar-refractivity contribution in [2.24, 2.45) is 0 Å². The highest BCUT2D eigenvalue weighted by atomic mass is 16.5. The van der Waals surface area contributed by atoms with Crippen molar-refractivity contribution < 1.29 is 13.9 Å². The molecule has 2 aromatic rings. The molecule has 0 atom stereocenters. The maximum absolute atomic E-state index is 12.0. The van der Waals surface area contributed by atoms with Crippen molar-refractivity contribution in [3.63, 3.8) is 0 Å². The minimum atomic E-state index is -0.00704. The van der Waals surface area contributed by atoms with Crippen LogP contribution in [-0.4, -0.2) is 12.9 Å². The van der Waals surface area contributed by atoms with E-state index < -0.39 is 0 Å². The first-order chi connectivity index (χ1) is 7.81. The van der Waals surface area contributed by atoms with Crippen molar-refractivity contribution in [3.8, 4) is 5.75 Å². The number of para-hydroxylation sites is 1. The molecule has 0 bridgehead atoms. The Bertz CT molecular complexity index is 472. The molecule has 0 saturated carbocycles. The van der Waals surface area contributed by atoms with E-state index in [0.717, 1.165) is 0 Å². The Kier molecular flexibility index (Phi) is 3.05. The van der Waals surface area contributed by atoms with Crippen LogP contribution in [0.2, 0.25) is 0 Å². The maximum atomic E-state index is 12.0. The molecule has 0 fully saturated rings. The van der Waals surface area contributed by atoms with E-state index in [-0.39, 0.29) is 12.2 Å². The molecule has 0 amide bonds. The molecule has 0 aliphatic carbocycles. The zero-order chi connectivity index (χ0) is 11.4. The zero-order valence-corrected chi connectivity index (χ0v) is 8.97. The number of rotatable bonds is 4. The Morgan fingerprint density at radius 3 is 2.75 bits per heavy atom. The van der Waals surface area contributed by atoms with Gasteiger partial charge < -0.3 is 9.15 Å². The van der Waals surface area contributed by atoms with E-state index >= 15 is 0 Å². The van der Waals surface area contributed by atoms with Crippen molar-refractivity contribution in [1.82, 2.24) is 0 Å². The Labute approximate surface area is 93.7 Å².